The molecule has 2 aliphatic heterocycles. The van der Waals surface area contributed by atoms with Crippen LogP contribution in [0.2, 0.25) is 0 Å². The minimum atomic E-state index is -0.358. The molecule has 1 atom stereocenters. The fourth-order valence-electron chi connectivity index (χ4n) is 4.12. The molecule has 0 aromatic heterocycles. The van der Waals surface area contributed by atoms with E-state index in [1.54, 1.807) is 6.92 Å². The van der Waals surface area contributed by atoms with Crippen molar-refractivity contribution in [3.05, 3.63) is 16.7 Å². The van der Waals surface area contributed by atoms with Crippen molar-refractivity contribution in [1.29, 1.82) is 0 Å². The van der Waals surface area contributed by atoms with E-state index in [2.05, 4.69) is 6.92 Å². The molecule has 1 aromatic carbocycles. The zero-order valence-electron chi connectivity index (χ0n) is 17.2. The molecule has 6 nitrogen and oxygen atoms in total. The number of Topliss-reactive ketones (excluding diaryl/α,β-unsaturated/α-hetero) is 1. The summed E-state index contributed by atoms with van der Waals surface area (Å²) in [4.78, 5) is 25.2. The topological polar surface area (TPSA) is 82.1 Å². The van der Waals surface area contributed by atoms with Crippen molar-refractivity contribution in [2.45, 2.75) is 77.7 Å². The Morgan fingerprint density at radius 1 is 1.29 bits per heavy atom. The van der Waals surface area contributed by atoms with E-state index in [1.165, 1.54) is 0 Å². The molecule has 1 unspecified atom stereocenters. The lowest BCUT2D eigenvalue weighted by atomic mass is 9.81. The van der Waals surface area contributed by atoms with E-state index in [0.29, 0.717) is 29.2 Å². The second kappa shape index (κ2) is 8.11. The lowest BCUT2D eigenvalue weighted by Crippen LogP contribution is -2.35. The van der Waals surface area contributed by atoms with E-state index in [-0.39, 0.29) is 49.3 Å². The largest absolute Gasteiger partial charge is 0.490 e. The number of carbonyl (C=O) groups is 2. The van der Waals surface area contributed by atoms with Crippen LogP contribution in [0.25, 0.3) is 0 Å². The Morgan fingerprint density at radius 3 is 2.68 bits per heavy atom. The molecule has 1 aromatic rings. The number of ether oxygens (including phenoxy) is 3. The zero-order chi connectivity index (χ0) is 20.5. The number of carbonyl (C=O) groups excluding carboxylic acids is 2. The third-order valence-electron chi connectivity index (χ3n) is 5.46. The van der Waals surface area contributed by atoms with Gasteiger partial charge in [0.2, 0.25) is 0 Å². The van der Waals surface area contributed by atoms with Gasteiger partial charge < -0.3 is 19.3 Å². The molecule has 0 saturated heterocycles. The number of benzene rings is 1. The maximum atomic E-state index is 12.9. The molecule has 2 aliphatic rings. The highest BCUT2D eigenvalue weighted by Gasteiger charge is 2.41. The van der Waals surface area contributed by atoms with Gasteiger partial charge in [-0.3, -0.25) is 9.59 Å². The maximum absolute atomic E-state index is 12.9. The van der Waals surface area contributed by atoms with Gasteiger partial charge in [0.1, 0.15) is 29.3 Å². The normalized spacial score (nSPS) is 19.9. The number of fused-ring (bicyclic) bond motifs is 3. The van der Waals surface area contributed by atoms with Gasteiger partial charge in [0, 0.05) is 23.5 Å². The summed E-state index contributed by atoms with van der Waals surface area (Å²) in [5, 5.41) is 9.27. The summed E-state index contributed by atoms with van der Waals surface area (Å²) in [5.41, 5.74) is 1.64. The molecule has 2 heterocycles. The van der Waals surface area contributed by atoms with Crippen molar-refractivity contribution in [2.24, 2.45) is 0 Å². The van der Waals surface area contributed by atoms with E-state index in [9.17, 15) is 14.7 Å². The highest BCUT2D eigenvalue weighted by molar-refractivity contribution is 6.04. The number of rotatable bonds is 7. The summed E-state index contributed by atoms with van der Waals surface area (Å²) in [6.45, 7) is 7.81. The van der Waals surface area contributed by atoms with Crippen LogP contribution in [0.1, 0.15) is 87.2 Å². The fraction of sp³-hybridized carbons (Fsp3) is 0.636. The lowest BCUT2D eigenvalue weighted by Gasteiger charge is -2.38. The molecule has 0 fully saturated rings. The standard InChI is InChI=1S/C22H30O6/c1-5-7-13-12-16(25)27-21-17(13)20-14(8-9-22(3,4)28-20)19(26-11-10-23)18(21)15(24)6-2/h13,23H,5-12H2,1-4H3. The fourth-order valence-corrected chi connectivity index (χ4v) is 4.12. The Kier molecular flexibility index (Phi) is 5.98. The monoisotopic (exact) mass is 390 g/mol. The molecule has 28 heavy (non-hydrogen) atoms. The average Bonchev–Trinajstić information content (AvgIpc) is 2.64. The smallest absolute Gasteiger partial charge is 0.311 e. The van der Waals surface area contributed by atoms with Crippen LogP contribution in [-0.2, 0) is 11.2 Å². The van der Waals surface area contributed by atoms with Crippen molar-refractivity contribution in [2.75, 3.05) is 13.2 Å². The Balaban J connectivity index is 2.32. The Bertz CT molecular complexity index is 780. The summed E-state index contributed by atoms with van der Waals surface area (Å²) in [6.07, 6.45) is 3.76. The van der Waals surface area contributed by atoms with Crippen LogP contribution in [0.15, 0.2) is 0 Å². The quantitative estimate of drug-likeness (QED) is 0.431. The highest BCUT2D eigenvalue weighted by atomic mass is 16.5. The van der Waals surface area contributed by atoms with Crippen molar-refractivity contribution in [1.82, 2.24) is 0 Å². The minimum Gasteiger partial charge on any atom is -0.490 e. The second-order valence-corrected chi connectivity index (χ2v) is 8.13. The third-order valence-corrected chi connectivity index (χ3v) is 5.46. The summed E-state index contributed by atoms with van der Waals surface area (Å²) < 4.78 is 17.8. The van der Waals surface area contributed by atoms with Crippen LogP contribution in [0.4, 0.5) is 0 Å². The van der Waals surface area contributed by atoms with Gasteiger partial charge >= 0.3 is 5.97 Å². The zero-order valence-corrected chi connectivity index (χ0v) is 17.2. The molecular weight excluding hydrogens is 360 g/mol. The molecule has 3 rings (SSSR count). The highest BCUT2D eigenvalue weighted by Crippen LogP contribution is 2.54. The van der Waals surface area contributed by atoms with Gasteiger partial charge in [-0.25, -0.2) is 0 Å². The number of hydrogen-bond donors (Lipinski definition) is 1. The predicted octanol–water partition coefficient (Wildman–Crippen LogP) is 3.95. The molecule has 0 spiro atoms. The van der Waals surface area contributed by atoms with Gasteiger partial charge in [0.05, 0.1) is 13.0 Å². The van der Waals surface area contributed by atoms with Gasteiger partial charge in [0.15, 0.2) is 11.5 Å². The van der Waals surface area contributed by atoms with E-state index >= 15 is 0 Å². The molecule has 0 aliphatic carbocycles. The molecule has 6 heteroatoms. The Morgan fingerprint density at radius 2 is 2.04 bits per heavy atom. The van der Waals surface area contributed by atoms with Crippen molar-refractivity contribution < 1.29 is 28.9 Å². The van der Waals surface area contributed by atoms with Crippen molar-refractivity contribution >= 4 is 11.8 Å². The van der Waals surface area contributed by atoms with Crippen LogP contribution in [0.3, 0.4) is 0 Å². The van der Waals surface area contributed by atoms with Gasteiger partial charge in [-0.1, -0.05) is 20.3 Å². The van der Waals surface area contributed by atoms with Crippen LogP contribution < -0.4 is 14.2 Å². The first-order chi connectivity index (χ1) is 13.3. The number of ketones is 1. The maximum Gasteiger partial charge on any atom is 0.311 e. The summed E-state index contributed by atoms with van der Waals surface area (Å²) in [7, 11) is 0. The predicted molar refractivity (Wildman–Crippen MR) is 105 cm³/mol. The van der Waals surface area contributed by atoms with Gasteiger partial charge in [-0.15, -0.1) is 0 Å². The number of hydrogen-bond acceptors (Lipinski definition) is 6. The first kappa shape index (κ1) is 20.6. The number of aliphatic hydroxyl groups is 1. The molecule has 154 valence electrons. The molecule has 1 N–H and O–H groups in total. The van der Waals surface area contributed by atoms with Gasteiger partial charge in [-0.05, 0) is 33.1 Å². The van der Waals surface area contributed by atoms with E-state index in [1.807, 2.05) is 13.8 Å². The average molecular weight is 390 g/mol. The Labute approximate surface area is 166 Å². The molecule has 0 saturated carbocycles. The molecule has 0 amide bonds. The van der Waals surface area contributed by atoms with Crippen LogP contribution in [0, 0.1) is 0 Å². The third kappa shape index (κ3) is 3.75. The van der Waals surface area contributed by atoms with Gasteiger partial charge in [-0.2, -0.15) is 0 Å². The minimum absolute atomic E-state index is 0.0424. The first-order valence-electron chi connectivity index (χ1n) is 10.2. The van der Waals surface area contributed by atoms with Crippen LogP contribution in [-0.4, -0.2) is 35.7 Å². The lowest BCUT2D eigenvalue weighted by molar-refractivity contribution is -0.136. The summed E-state index contributed by atoms with van der Waals surface area (Å²) in [6, 6.07) is 0. The van der Waals surface area contributed by atoms with Crippen LogP contribution in [0.5, 0.6) is 17.2 Å². The van der Waals surface area contributed by atoms with E-state index in [4.69, 9.17) is 14.2 Å². The number of aliphatic hydroxyl groups excluding tert-OH is 1. The molecule has 0 bridgehead atoms. The SMILES string of the molecule is CCCC1CC(=O)Oc2c(C(=O)CC)c(OCCO)c3c(c21)OC(C)(C)CC3. The van der Waals surface area contributed by atoms with Crippen molar-refractivity contribution in [3.8, 4) is 17.2 Å². The Hall–Kier alpha value is -2.08. The van der Waals surface area contributed by atoms with Crippen LogP contribution >= 0.6 is 0 Å². The number of esters is 1. The summed E-state index contributed by atoms with van der Waals surface area (Å²) >= 11 is 0. The summed E-state index contributed by atoms with van der Waals surface area (Å²) in [5.74, 6) is 0.874. The van der Waals surface area contributed by atoms with E-state index in [0.717, 1.165) is 30.4 Å². The van der Waals surface area contributed by atoms with E-state index < -0.39 is 0 Å². The van der Waals surface area contributed by atoms with Gasteiger partial charge in [0.25, 0.3) is 0 Å². The second-order valence-electron chi connectivity index (χ2n) is 8.13. The first-order valence-corrected chi connectivity index (χ1v) is 10.2. The van der Waals surface area contributed by atoms with Crippen molar-refractivity contribution in [3.63, 3.8) is 0 Å². The molecular formula is C22H30O6. The molecule has 0 radical (unpaired) electrons.